The van der Waals surface area contributed by atoms with Crippen molar-refractivity contribution in [2.75, 3.05) is 5.32 Å². The van der Waals surface area contributed by atoms with Crippen molar-refractivity contribution in [2.24, 2.45) is 0 Å². The number of thiophene rings is 1. The number of ketones is 1. The molecular formula is C13H11NO2S. The fourth-order valence-corrected chi connectivity index (χ4v) is 2.04. The SMILES string of the molecule is CC(=O)c1cccc(NC(=O)c2cccs2)c1. The standard InChI is InChI=1S/C13H11NO2S/c1-9(15)10-4-2-5-11(8-10)14-13(16)12-6-3-7-17-12/h2-8H,1H3,(H,14,16). The predicted molar refractivity (Wildman–Crippen MR) is 68.7 cm³/mol. The van der Waals surface area contributed by atoms with Crippen molar-refractivity contribution >= 4 is 28.7 Å². The topological polar surface area (TPSA) is 46.2 Å². The molecule has 4 heteroatoms. The molecule has 0 radical (unpaired) electrons. The molecular weight excluding hydrogens is 234 g/mol. The summed E-state index contributed by atoms with van der Waals surface area (Å²) in [6.07, 6.45) is 0. The fraction of sp³-hybridized carbons (Fsp3) is 0.0769. The summed E-state index contributed by atoms with van der Waals surface area (Å²) in [6.45, 7) is 1.50. The third-order valence-electron chi connectivity index (χ3n) is 2.27. The van der Waals surface area contributed by atoms with Crippen LogP contribution in [0.4, 0.5) is 5.69 Å². The molecule has 1 aromatic heterocycles. The Labute approximate surface area is 103 Å². The van der Waals surface area contributed by atoms with Crippen molar-refractivity contribution in [3.8, 4) is 0 Å². The van der Waals surface area contributed by atoms with Gasteiger partial charge in [-0.2, -0.15) is 0 Å². The molecule has 3 nitrogen and oxygen atoms in total. The predicted octanol–water partition coefficient (Wildman–Crippen LogP) is 3.20. The van der Waals surface area contributed by atoms with Crippen LogP contribution in [-0.4, -0.2) is 11.7 Å². The second-order valence-electron chi connectivity index (χ2n) is 3.57. The lowest BCUT2D eigenvalue weighted by molar-refractivity contribution is 0.101. The summed E-state index contributed by atoms with van der Waals surface area (Å²) in [7, 11) is 0. The molecule has 1 amide bonds. The minimum absolute atomic E-state index is 0.0165. The van der Waals surface area contributed by atoms with Gasteiger partial charge < -0.3 is 5.32 Å². The zero-order valence-electron chi connectivity index (χ0n) is 9.27. The van der Waals surface area contributed by atoms with E-state index in [9.17, 15) is 9.59 Å². The van der Waals surface area contributed by atoms with E-state index in [0.29, 0.717) is 16.1 Å². The number of hydrogen-bond donors (Lipinski definition) is 1. The maximum absolute atomic E-state index is 11.8. The van der Waals surface area contributed by atoms with Crippen molar-refractivity contribution in [1.82, 2.24) is 0 Å². The van der Waals surface area contributed by atoms with Gasteiger partial charge in [0.15, 0.2) is 5.78 Å². The van der Waals surface area contributed by atoms with E-state index in [2.05, 4.69) is 5.32 Å². The first kappa shape index (κ1) is 11.5. The Morgan fingerprint density at radius 3 is 2.65 bits per heavy atom. The van der Waals surface area contributed by atoms with Crippen LogP contribution < -0.4 is 5.32 Å². The molecule has 2 rings (SSSR count). The molecule has 86 valence electrons. The van der Waals surface area contributed by atoms with Gasteiger partial charge in [0.2, 0.25) is 0 Å². The zero-order valence-corrected chi connectivity index (χ0v) is 10.1. The molecule has 0 fully saturated rings. The highest BCUT2D eigenvalue weighted by molar-refractivity contribution is 7.12. The first-order chi connectivity index (χ1) is 8.16. The summed E-state index contributed by atoms with van der Waals surface area (Å²) in [5.74, 6) is -0.169. The lowest BCUT2D eigenvalue weighted by atomic mass is 10.1. The molecule has 0 aliphatic carbocycles. The van der Waals surface area contributed by atoms with Crippen molar-refractivity contribution in [3.63, 3.8) is 0 Å². The molecule has 0 unspecified atom stereocenters. The van der Waals surface area contributed by atoms with Gasteiger partial charge in [-0.15, -0.1) is 11.3 Å². The van der Waals surface area contributed by atoms with Crippen LogP contribution in [0, 0.1) is 0 Å². The van der Waals surface area contributed by atoms with E-state index in [1.54, 1.807) is 30.3 Å². The second-order valence-corrected chi connectivity index (χ2v) is 4.52. The third kappa shape index (κ3) is 2.79. The van der Waals surface area contributed by atoms with Gasteiger partial charge in [-0.25, -0.2) is 0 Å². The van der Waals surface area contributed by atoms with E-state index < -0.39 is 0 Å². The Kier molecular flexibility index (Phi) is 3.35. The van der Waals surface area contributed by atoms with Gasteiger partial charge in [0, 0.05) is 11.3 Å². The lowest BCUT2D eigenvalue weighted by Crippen LogP contribution is -2.10. The van der Waals surface area contributed by atoms with E-state index >= 15 is 0 Å². The molecule has 17 heavy (non-hydrogen) atoms. The Morgan fingerprint density at radius 1 is 1.18 bits per heavy atom. The van der Waals surface area contributed by atoms with Crippen molar-refractivity contribution in [2.45, 2.75) is 6.92 Å². The average molecular weight is 245 g/mol. The van der Waals surface area contributed by atoms with E-state index in [4.69, 9.17) is 0 Å². The van der Waals surface area contributed by atoms with E-state index in [1.165, 1.54) is 18.3 Å². The lowest BCUT2D eigenvalue weighted by Gasteiger charge is -2.04. The highest BCUT2D eigenvalue weighted by atomic mass is 32.1. The highest BCUT2D eigenvalue weighted by Crippen LogP contribution is 2.15. The van der Waals surface area contributed by atoms with Gasteiger partial charge in [-0.1, -0.05) is 18.2 Å². The maximum Gasteiger partial charge on any atom is 0.265 e. The summed E-state index contributed by atoms with van der Waals surface area (Å²) in [5, 5.41) is 4.61. The molecule has 0 saturated heterocycles. The minimum atomic E-state index is -0.152. The van der Waals surface area contributed by atoms with Crippen molar-refractivity contribution in [3.05, 3.63) is 52.2 Å². The summed E-state index contributed by atoms with van der Waals surface area (Å²) < 4.78 is 0. The summed E-state index contributed by atoms with van der Waals surface area (Å²) in [5.41, 5.74) is 1.23. The van der Waals surface area contributed by atoms with Crippen LogP contribution in [-0.2, 0) is 0 Å². The van der Waals surface area contributed by atoms with Gasteiger partial charge in [0.05, 0.1) is 4.88 Å². The van der Waals surface area contributed by atoms with Crippen LogP contribution in [0.15, 0.2) is 41.8 Å². The molecule has 0 aliphatic heterocycles. The highest BCUT2D eigenvalue weighted by Gasteiger charge is 2.07. The van der Waals surface area contributed by atoms with Gasteiger partial charge in [0.25, 0.3) is 5.91 Å². The van der Waals surface area contributed by atoms with Gasteiger partial charge in [-0.05, 0) is 30.5 Å². The van der Waals surface area contributed by atoms with Crippen molar-refractivity contribution < 1.29 is 9.59 Å². The Hall–Kier alpha value is -1.94. The van der Waals surface area contributed by atoms with Crippen LogP contribution in [0.3, 0.4) is 0 Å². The number of Topliss-reactive ketones (excluding diaryl/α,β-unsaturated/α-hetero) is 1. The van der Waals surface area contributed by atoms with Crippen LogP contribution in [0.25, 0.3) is 0 Å². The Balaban J connectivity index is 2.16. The number of nitrogens with one attached hydrogen (secondary N) is 1. The van der Waals surface area contributed by atoms with Gasteiger partial charge in [-0.3, -0.25) is 9.59 Å². The Morgan fingerprint density at radius 2 is 2.00 bits per heavy atom. The molecule has 1 aromatic carbocycles. The molecule has 0 bridgehead atoms. The van der Waals surface area contributed by atoms with Crippen molar-refractivity contribution in [1.29, 1.82) is 0 Å². The number of rotatable bonds is 3. The van der Waals surface area contributed by atoms with Crippen LogP contribution in [0.1, 0.15) is 27.0 Å². The normalized spacial score (nSPS) is 9.94. The number of hydrogen-bond acceptors (Lipinski definition) is 3. The molecule has 0 spiro atoms. The van der Waals surface area contributed by atoms with Gasteiger partial charge >= 0.3 is 0 Å². The summed E-state index contributed by atoms with van der Waals surface area (Å²) in [4.78, 5) is 23.6. The van der Waals surface area contributed by atoms with E-state index in [-0.39, 0.29) is 11.7 Å². The number of anilines is 1. The molecule has 1 N–H and O–H groups in total. The average Bonchev–Trinajstić information content (AvgIpc) is 2.82. The molecule has 0 atom stereocenters. The quantitative estimate of drug-likeness (QED) is 0.844. The van der Waals surface area contributed by atoms with Gasteiger partial charge in [0.1, 0.15) is 0 Å². The largest absolute Gasteiger partial charge is 0.321 e. The number of carbonyl (C=O) groups is 2. The first-order valence-corrected chi connectivity index (χ1v) is 6.00. The summed E-state index contributed by atoms with van der Waals surface area (Å²) in [6, 6.07) is 10.5. The van der Waals surface area contributed by atoms with E-state index in [1.807, 2.05) is 11.4 Å². The second kappa shape index (κ2) is 4.93. The van der Waals surface area contributed by atoms with Crippen LogP contribution in [0.2, 0.25) is 0 Å². The van der Waals surface area contributed by atoms with Crippen LogP contribution in [0.5, 0.6) is 0 Å². The smallest absolute Gasteiger partial charge is 0.265 e. The van der Waals surface area contributed by atoms with E-state index in [0.717, 1.165) is 0 Å². The fourth-order valence-electron chi connectivity index (χ4n) is 1.42. The molecule has 0 saturated carbocycles. The Bertz CT molecular complexity index is 546. The molecule has 1 heterocycles. The zero-order chi connectivity index (χ0) is 12.3. The molecule has 2 aromatic rings. The van der Waals surface area contributed by atoms with Crippen LogP contribution >= 0.6 is 11.3 Å². The number of benzene rings is 1. The number of carbonyl (C=O) groups excluding carboxylic acids is 2. The summed E-state index contributed by atoms with van der Waals surface area (Å²) >= 11 is 1.38. The first-order valence-electron chi connectivity index (χ1n) is 5.12. The third-order valence-corrected chi connectivity index (χ3v) is 3.14. The maximum atomic E-state index is 11.8. The molecule has 0 aliphatic rings. The monoisotopic (exact) mass is 245 g/mol. The number of amides is 1. The minimum Gasteiger partial charge on any atom is -0.321 e.